The van der Waals surface area contributed by atoms with E-state index in [4.69, 9.17) is 10.8 Å². The molecule has 1 saturated heterocycles. The molecule has 1 aromatic carbocycles. The fourth-order valence-electron chi connectivity index (χ4n) is 2.06. The minimum absolute atomic E-state index is 0.241. The Hall–Kier alpha value is -2.04. The van der Waals surface area contributed by atoms with Gasteiger partial charge in [-0.05, 0) is 37.1 Å². The van der Waals surface area contributed by atoms with E-state index in [0.29, 0.717) is 24.2 Å². The number of carboxylic acids is 1. The number of nitrogen functional groups attached to an aromatic ring is 1. The lowest BCUT2D eigenvalue weighted by molar-refractivity contribution is -0.141. The smallest absolute Gasteiger partial charge is 0.326 e. The Morgan fingerprint density at radius 3 is 2.53 bits per heavy atom. The van der Waals surface area contributed by atoms with Gasteiger partial charge in [0.05, 0.1) is 0 Å². The first-order valence-electron chi connectivity index (χ1n) is 5.49. The molecule has 0 spiro atoms. The van der Waals surface area contributed by atoms with Crippen LogP contribution in [0.15, 0.2) is 24.3 Å². The molecule has 1 aliphatic heterocycles. The van der Waals surface area contributed by atoms with Gasteiger partial charge >= 0.3 is 5.97 Å². The Kier molecular flexibility index (Phi) is 2.99. The summed E-state index contributed by atoms with van der Waals surface area (Å²) in [4.78, 5) is 24.5. The predicted octanol–water partition coefficient (Wildman–Crippen LogP) is 0.958. The third-order valence-corrected chi connectivity index (χ3v) is 2.96. The van der Waals surface area contributed by atoms with Crippen LogP contribution in [0.5, 0.6) is 0 Å². The van der Waals surface area contributed by atoms with Gasteiger partial charge in [-0.1, -0.05) is 0 Å². The fraction of sp³-hybridized carbons (Fsp3) is 0.333. The van der Waals surface area contributed by atoms with E-state index >= 15 is 0 Å². The standard InChI is InChI=1S/C12H14N2O3/c13-9-5-3-8(4-6-9)11(15)14-7-1-2-10(14)12(16)17/h3-6,10H,1-2,7,13H2,(H,16,17)/t10-/m0/s1. The maximum Gasteiger partial charge on any atom is 0.326 e. The molecule has 0 saturated carbocycles. The van der Waals surface area contributed by atoms with Crippen molar-refractivity contribution in [1.29, 1.82) is 0 Å². The summed E-state index contributed by atoms with van der Waals surface area (Å²) >= 11 is 0. The van der Waals surface area contributed by atoms with E-state index in [0.717, 1.165) is 6.42 Å². The van der Waals surface area contributed by atoms with Crippen molar-refractivity contribution < 1.29 is 14.7 Å². The first kappa shape index (κ1) is 11.4. The summed E-state index contributed by atoms with van der Waals surface area (Å²) in [5.74, 6) is -1.18. The summed E-state index contributed by atoms with van der Waals surface area (Å²) in [7, 11) is 0. The number of nitrogens with two attached hydrogens (primary N) is 1. The lowest BCUT2D eigenvalue weighted by Crippen LogP contribution is -2.40. The Bertz CT molecular complexity index is 442. The van der Waals surface area contributed by atoms with Crippen LogP contribution in [0, 0.1) is 0 Å². The number of aliphatic carboxylic acids is 1. The van der Waals surface area contributed by atoms with E-state index < -0.39 is 12.0 Å². The lowest BCUT2D eigenvalue weighted by atomic mass is 10.1. The zero-order valence-corrected chi connectivity index (χ0v) is 9.30. The van der Waals surface area contributed by atoms with Crippen LogP contribution in [0.4, 0.5) is 5.69 Å². The average molecular weight is 234 g/mol. The third kappa shape index (κ3) is 2.22. The highest BCUT2D eigenvalue weighted by molar-refractivity contribution is 5.97. The molecule has 5 heteroatoms. The number of carbonyl (C=O) groups is 2. The van der Waals surface area contributed by atoms with Crippen molar-refractivity contribution in [1.82, 2.24) is 4.90 Å². The first-order chi connectivity index (χ1) is 8.09. The number of carbonyl (C=O) groups excluding carboxylic acids is 1. The minimum Gasteiger partial charge on any atom is -0.480 e. The van der Waals surface area contributed by atoms with Crippen LogP contribution in [0.1, 0.15) is 23.2 Å². The number of anilines is 1. The third-order valence-electron chi connectivity index (χ3n) is 2.96. The predicted molar refractivity (Wildman–Crippen MR) is 62.5 cm³/mol. The second-order valence-electron chi connectivity index (χ2n) is 4.12. The van der Waals surface area contributed by atoms with Gasteiger partial charge in [0.2, 0.25) is 0 Å². The first-order valence-corrected chi connectivity index (χ1v) is 5.49. The lowest BCUT2D eigenvalue weighted by Gasteiger charge is -2.21. The van der Waals surface area contributed by atoms with E-state index in [2.05, 4.69) is 0 Å². The normalized spacial score (nSPS) is 19.3. The van der Waals surface area contributed by atoms with Crippen molar-refractivity contribution in [3.8, 4) is 0 Å². The van der Waals surface area contributed by atoms with Gasteiger partial charge < -0.3 is 15.7 Å². The Balaban J connectivity index is 2.19. The van der Waals surface area contributed by atoms with Gasteiger partial charge in [-0.25, -0.2) is 4.79 Å². The Morgan fingerprint density at radius 2 is 1.94 bits per heavy atom. The highest BCUT2D eigenvalue weighted by atomic mass is 16.4. The molecule has 1 atom stereocenters. The SMILES string of the molecule is Nc1ccc(C(=O)N2CCC[C@H]2C(=O)O)cc1. The van der Waals surface area contributed by atoms with E-state index in [1.807, 2.05) is 0 Å². The van der Waals surface area contributed by atoms with Crippen molar-refractivity contribution in [3.63, 3.8) is 0 Å². The zero-order valence-electron chi connectivity index (χ0n) is 9.30. The van der Waals surface area contributed by atoms with Gasteiger partial charge in [0.15, 0.2) is 0 Å². The molecule has 1 aromatic rings. The van der Waals surface area contributed by atoms with Gasteiger partial charge in [-0.3, -0.25) is 4.79 Å². The quantitative estimate of drug-likeness (QED) is 0.746. The van der Waals surface area contributed by atoms with Crippen molar-refractivity contribution in [2.75, 3.05) is 12.3 Å². The molecule has 1 amide bonds. The molecule has 5 nitrogen and oxygen atoms in total. The average Bonchev–Trinajstić information content (AvgIpc) is 2.78. The summed E-state index contributed by atoms with van der Waals surface area (Å²) < 4.78 is 0. The molecule has 1 heterocycles. The summed E-state index contributed by atoms with van der Waals surface area (Å²) in [6.07, 6.45) is 1.26. The molecule has 17 heavy (non-hydrogen) atoms. The number of nitrogens with zero attached hydrogens (tertiary/aromatic N) is 1. The molecule has 0 bridgehead atoms. The number of hydrogen-bond acceptors (Lipinski definition) is 3. The maximum absolute atomic E-state index is 12.1. The summed E-state index contributed by atoms with van der Waals surface area (Å²) in [6, 6.07) is 5.82. The molecule has 0 radical (unpaired) electrons. The van der Waals surface area contributed by atoms with Crippen LogP contribution in [0.3, 0.4) is 0 Å². The maximum atomic E-state index is 12.1. The van der Waals surface area contributed by atoms with Crippen molar-refractivity contribution >= 4 is 17.6 Å². The summed E-state index contributed by atoms with van der Waals surface area (Å²) in [5, 5.41) is 9.01. The largest absolute Gasteiger partial charge is 0.480 e. The van der Waals surface area contributed by atoms with Gasteiger partial charge in [0.25, 0.3) is 5.91 Å². The zero-order chi connectivity index (χ0) is 12.4. The molecular weight excluding hydrogens is 220 g/mol. The summed E-state index contributed by atoms with van der Waals surface area (Å²) in [6.45, 7) is 0.500. The van der Waals surface area contributed by atoms with E-state index in [9.17, 15) is 9.59 Å². The number of rotatable bonds is 2. The topological polar surface area (TPSA) is 83.6 Å². The number of hydrogen-bond donors (Lipinski definition) is 2. The molecule has 2 rings (SSSR count). The minimum atomic E-state index is -0.939. The molecular formula is C12H14N2O3. The molecule has 0 aliphatic carbocycles. The van der Waals surface area contributed by atoms with Crippen LogP contribution in [0.2, 0.25) is 0 Å². The Labute approximate surface area is 98.8 Å². The van der Waals surface area contributed by atoms with Crippen LogP contribution in [0.25, 0.3) is 0 Å². The van der Waals surface area contributed by atoms with Gasteiger partial charge in [0.1, 0.15) is 6.04 Å². The molecule has 1 fully saturated rings. The number of benzene rings is 1. The number of amides is 1. The summed E-state index contributed by atoms with van der Waals surface area (Å²) in [5.41, 5.74) is 6.60. The second kappa shape index (κ2) is 4.45. The van der Waals surface area contributed by atoms with Crippen LogP contribution < -0.4 is 5.73 Å². The van der Waals surface area contributed by atoms with E-state index in [1.165, 1.54) is 4.90 Å². The molecule has 0 aromatic heterocycles. The highest BCUT2D eigenvalue weighted by Gasteiger charge is 2.34. The van der Waals surface area contributed by atoms with Crippen LogP contribution in [-0.4, -0.2) is 34.5 Å². The van der Waals surface area contributed by atoms with Gasteiger partial charge in [0, 0.05) is 17.8 Å². The fourth-order valence-corrected chi connectivity index (χ4v) is 2.06. The van der Waals surface area contributed by atoms with Crippen LogP contribution in [-0.2, 0) is 4.79 Å². The number of carboxylic acid groups (broad SMARTS) is 1. The van der Waals surface area contributed by atoms with E-state index in [1.54, 1.807) is 24.3 Å². The Morgan fingerprint density at radius 1 is 1.29 bits per heavy atom. The van der Waals surface area contributed by atoms with Crippen molar-refractivity contribution in [3.05, 3.63) is 29.8 Å². The van der Waals surface area contributed by atoms with Gasteiger partial charge in [-0.2, -0.15) is 0 Å². The molecule has 90 valence electrons. The molecule has 0 unspecified atom stereocenters. The van der Waals surface area contributed by atoms with E-state index in [-0.39, 0.29) is 5.91 Å². The number of likely N-dealkylation sites (tertiary alicyclic amines) is 1. The monoisotopic (exact) mass is 234 g/mol. The van der Waals surface area contributed by atoms with Gasteiger partial charge in [-0.15, -0.1) is 0 Å². The van der Waals surface area contributed by atoms with Crippen molar-refractivity contribution in [2.24, 2.45) is 0 Å². The molecule has 1 aliphatic rings. The van der Waals surface area contributed by atoms with Crippen LogP contribution >= 0.6 is 0 Å². The van der Waals surface area contributed by atoms with Crippen molar-refractivity contribution in [2.45, 2.75) is 18.9 Å². The molecule has 3 N–H and O–H groups in total. The highest BCUT2D eigenvalue weighted by Crippen LogP contribution is 2.20. The second-order valence-corrected chi connectivity index (χ2v) is 4.12.